The molecule has 1 amide bonds. The van der Waals surface area contributed by atoms with Gasteiger partial charge in [-0.25, -0.2) is 0 Å². The van der Waals surface area contributed by atoms with Gasteiger partial charge in [0.25, 0.3) is 0 Å². The molecular formula is C16H34N2O. The van der Waals surface area contributed by atoms with E-state index in [4.69, 9.17) is 0 Å². The topological polar surface area (TPSA) is 32.3 Å². The maximum Gasteiger partial charge on any atom is 0.223 e. The van der Waals surface area contributed by atoms with Crippen LogP contribution in [0, 0.1) is 0 Å². The molecule has 0 aromatic carbocycles. The molecule has 0 saturated carbocycles. The molecule has 0 aromatic rings. The Labute approximate surface area is 120 Å². The third-order valence-electron chi connectivity index (χ3n) is 3.69. The Kier molecular flexibility index (Phi) is 12.1. The second-order valence-corrected chi connectivity index (χ2v) is 5.37. The molecule has 0 aliphatic rings. The number of nitrogens with one attached hydrogen (secondary N) is 1. The maximum absolute atomic E-state index is 11.8. The molecule has 1 N–H and O–H groups in total. The van der Waals surface area contributed by atoms with Crippen LogP contribution in [0.1, 0.15) is 72.6 Å². The second-order valence-electron chi connectivity index (χ2n) is 5.37. The van der Waals surface area contributed by atoms with Crippen molar-refractivity contribution in [1.82, 2.24) is 10.2 Å². The molecule has 0 saturated heterocycles. The molecule has 0 radical (unpaired) electrons. The molecule has 3 heteroatoms. The molecule has 0 heterocycles. The van der Waals surface area contributed by atoms with Gasteiger partial charge in [-0.15, -0.1) is 0 Å². The normalized spacial score (nSPS) is 12.4. The van der Waals surface area contributed by atoms with Crippen molar-refractivity contribution in [3.63, 3.8) is 0 Å². The first-order chi connectivity index (χ1) is 9.15. The van der Waals surface area contributed by atoms with Crippen LogP contribution in [0.2, 0.25) is 0 Å². The van der Waals surface area contributed by atoms with Gasteiger partial charge in [-0.1, -0.05) is 39.0 Å². The summed E-state index contributed by atoms with van der Waals surface area (Å²) in [6.07, 6.45) is 8.53. The zero-order valence-electron chi connectivity index (χ0n) is 13.5. The number of nitrogens with zero attached hydrogens (tertiary/aromatic N) is 1. The number of amides is 1. The van der Waals surface area contributed by atoms with Gasteiger partial charge in [-0.2, -0.15) is 0 Å². The van der Waals surface area contributed by atoms with E-state index in [1.807, 2.05) is 18.7 Å². The highest BCUT2D eigenvalue weighted by Gasteiger charge is 2.09. The Bertz CT molecular complexity index is 215. The minimum atomic E-state index is 0.271. The summed E-state index contributed by atoms with van der Waals surface area (Å²) < 4.78 is 0. The fourth-order valence-electron chi connectivity index (χ4n) is 2.32. The molecule has 0 aliphatic heterocycles. The highest BCUT2D eigenvalue weighted by atomic mass is 16.2. The van der Waals surface area contributed by atoms with Crippen LogP contribution >= 0.6 is 0 Å². The fourth-order valence-corrected chi connectivity index (χ4v) is 2.32. The predicted molar refractivity (Wildman–Crippen MR) is 83.4 cm³/mol. The van der Waals surface area contributed by atoms with E-state index in [0.717, 1.165) is 19.6 Å². The highest BCUT2D eigenvalue weighted by Crippen LogP contribution is 2.07. The summed E-state index contributed by atoms with van der Waals surface area (Å²) in [7, 11) is 0. The van der Waals surface area contributed by atoms with Crippen LogP contribution in [-0.4, -0.2) is 36.5 Å². The van der Waals surface area contributed by atoms with Crippen molar-refractivity contribution in [1.29, 1.82) is 0 Å². The first kappa shape index (κ1) is 18.4. The molecule has 1 unspecified atom stereocenters. The molecule has 0 spiro atoms. The Morgan fingerprint density at radius 3 is 2.26 bits per heavy atom. The number of hydrogen-bond donors (Lipinski definition) is 1. The van der Waals surface area contributed by atoms with Gasteiger partial charge in [0.05, 0.1) is 0 Å². The molecule has 0 fully saturated rings. The first-order valence-corrected chi connectivity index (χ1v) is 8.16. The van der Waals surface area contributed by atoms with Crippen LogP contribution < -0.4 is 5.32 Å². The van der Waals surface area contributed by atoms with Crippen molar-refractivity contribution in [3.8, 4) is 0 Å². The van der Waals surface area contributed by atoms with E-state index in [2.05, 4.69) is 19.2 Å². The van der Waals surface area contributed by atoms with E-state index in [1.54, 1.807) is 0 Å². The van der Waals surface area contributed by atoms with Gasteiger partial charge in [0.2, 0.25) is 5.91 Å². The summed E-state index contributed by atoms with van der Waals surface area (Å²) in [6, 6.07) is 0.533. The number of carbonyl (C=O) groups excluding carboxylic acids is 1. The maximum atomic E-state index is 11.8. The van der Waals surface area contributed by atoms with Gasteiger partial charge < -0.3 is 10.2 Å². The van der Waals surface area contributed by atoms with Crippen molar-refractivity contribution in [2.45, 2.75) is 78.7 Å². The van der Waals surface area contributed by atoms with Crippen molar-refractivity contribution < 1.29 is 4.79 Å². The SMILES string of the molecule is CCCCCCCC(C)NCCC(=O)N(CC)CC. The standard InChI is InChI=1S/C16H34N2O/c1-5-8-9-10-11-12-15(4)17-14-13-16(19)18(6-2)7-3/h15,17H,5-14H2,1-4H3. The van der Waals surface area contributed by atoms with E-state index in [9.17, 15) is 4.79 Å². The quantitative estimate of drug-likeness (QED) is 0.550. The van der Waals surface area contributed by atoms with Gasteiger partial charge in [0.1, 0.15) is 0 Å². The van der Waals surface area contributed by atoms with E-state index >= 15 is 0 Å². The Hall–Kier alpha value is -0.570. The molecule has 114 valence electrons. The second kappa shape index (κ2) is 12.5. The van der Waals surface area contributed by atoms with Crippen LogP contribution in [0.3, 0.4) is 0 Å². The van der Waals surface area contributed by atoms with Crippen molar-refractivity contribution >= 4 is 5.91 Å². The van der Waals surface area contributed by atoms with Crippen LogP contribution in [0.4, 0.5) is 0 Å². The lowest BCUT2D eigenvalue weighted by molar-refractivity contribution is -0.130. The molecule has 3 nitrogen and oxygen atoms in total. The minimum absolute atomic E-state index is 0.271. The highest BCUT2D eigenvalue weighted by molar-refractivity contribution is 5.76. The van der Waals surface area contributed by atoms with Crippen molar-refractivity contribution in [2.24, 2.45) is 0 Å². The van der Waals surface area contributed by atoms with Crippen LogP contribution in [0.5, 0.6) is 0 Å². The van der Waals surface area contributed by atoms with E-state index < -0.39 is 0 Å². The molecule has 0 aromatic heterocycles. The van der Waals surface area contributed by atoms with E-state index in [1.165, 1.54) is 38.5 Å². The molecular weight excluding hydrogens is 236 g/mol. The lowest BCUT2D eigenvalue weighted by atomic mass is 10.1. The lowest BCUT2D eigenvalue weighted by Crippen LogP contribution is -2.35. The summed E-state index contributed by atoms with van der Waals surface area (Å²) in [5.41, 5.74) is 0. The van der Waals surface area contributed by atoms with E-state index in [0.29, 0.717) is 12.5 Å². The van der Waals surface area contributed by atoms with Gasteiger partial charge in [-0.3, -0.25) is 4.79 Å². The molecule has 0 aliphatic carbocycles. The fraction of sp³-hybridized carbons (Fsp3) is 0.938. The summed E-state index contributed by atoms with van der Waals surface area (Å²) in [5, 5.41) is 3.46. The van der Waals surface area contributed by atoms with Crippen molar-refractivity contribution in [3.05, 3.63) is 0 Å². The number of carbonyl (C=O) groups is 1. The summed E-state index contributed by atoms with van der Waals surface area (Å²) in [6.45, 7) is 11.0. The van der Waals surface area contributed by atoms with Crippen LogP contribution in [-0.2, 0) is 4.79 Å². The monoisotopic (exact) mass is 270 g/mol. The smallest absolute Gasteiger partial charge is 0.223 e. The van der Waals surface area contributed by atoms with Gasteiger partial charge in [-0.05, 0) is 27.2 Å². The van der Waals surface area contributed by atoms with Crippen LogP contribution in [0.25, 0.3) is 0 Å². The molecule has 19 heavy (non-hydrogen) atoms. The van der Waals surface area contributed by atoms with Gasteiger partial charge in [0.15, 0.2) is 0 Å². The Balaban J connectivity index is 3.52. The third kappa shape index (κ3) is 9.94. The van der Waals surface area contributed by atoms with Crippen molar-refractivity contribution in [2.75, 3.05) is 19.6 Å². The van der Waals surface area contributed by atoms with Gasteiger partial charge in [0, 0.05) is 32.1 Å². The summed E-state index contributed by atoms with van der Waals surface area (Å²) >= 11 is 0. The number of hydrogen-bond acceptors (Lipinski definition) is 2. The zero-order valence-corrected chi connectivity index (χ0v) is 13.5. The largest absolute Gasteiger partial charge is 0.343 e. The molecule has 0 rings (SSSR count). The molecule has 1 atom stereocenters. The van der Waals surface area contributed by atoms with E-state index in [-0.39, 0.29) is 5.91 Å². The average molecular weight is 270 g/mol. The Morgan fingerprint density at radius 1 is 1.05 bits per heavy atom. The van der Waals surface area contributed by atoms with Crippen LogP contribution in [0.15, 0.2) is 0 Å². The predicted octanol–water partition coefficient (Wildman–Crippen LogP) is 3.58. The van der Waals surface area contributed by atoms with Gasteiger partial charge >= 0.3 is 0 Å². The number of rotatable bonds is 12. The summed E-state index contributed by atoms with van der Waals surface area (Å²) in [5.74, 6) is 0.271. The third-order valence-corrected chi connectivity index (χ3v) is 3.69. The summed E-state index contributed by atoms with van der Waals surface area (Å²) in [4.78, 5) is 13.7. The number of unbranched alkanes of at least 4 members (excludes halogenated alkanes) is 4. The first-order valence-electron chi connectivity index (χ1n) is 8.16. The zero-order chi connectivity index (χ0) is 14.5. The lowest BCUT2D eigenvalue weighted by Gasteiger charge is -2.19. The minimum Gasteiger partial charge on any atom is -0.343 e. The Morgan fingerprint density at radius 2 is 1.68 bits per heavy atom. The molecule has 0 bridgehead atoms. The average Bonchev–Trinajstić information content (AvgIpc) is 2.40.